The molecule has 0 aromatic heterocycles. The molecule has 96 valence electrons. The van der Waals surface area contributed by atoms with Gasteiger partial charge in [0.1, 0.15) is 0 Å². The number of methoxy groups -OCH3 is 1. The van der Waals surface area contributed by atoms with Crippen LogP contribution in [0, 0.1) is 11.8 Å². The predicted octanol–water partition coefficient (Wildman–Crippen LogP) is 1.96. The largest absolute Gasteiger partial charge is 0.390 e. The van der Waals surface area contributed by atoms with Crippen molar-refractivity contribution in [3.8, 4) is 0 Å². The minimum atomic E-state index is -0.861. The highest BCUT2D eigenvalue weighted by Crippen LogP contribution is 2.36. The van der Waals surface area contributed by atoms with E-state index in [1.807, 2.05) is 6.92 Å². The standard InChI is InChI=1S/C13H26O3/c1-10-4-7-13(15,8-5-10)12(14)11(2)6-9-16-3/h10-12,14-15H,4-9H2,1-3H3. The van der Waals surface area contributed by atoms with E-state index in [0.29, 0.717) is 12.5 Å². The second kappa shape index (κ2) is 5.99. The van der Waals surface area contributed by atoms with Gasteiger partial charge in [-0.1, -0.05) is 13.8 Å². The van der Waals surface area contributed by atoms with Gasteiger partial charge in [-0.25, -0.2) is 0 Å². The predicted molar refractivity (Wildman–Crippen MR) is 64.2 cm³/mol. The molecular weight excluding hydrogens is 204 g/mol. The molecule has 0 amide bonds. The molecule has 0 saturated heterocycles. The molecule has 1 saturated carbocycles. The summed E-state index contributed by atoms with van der Waals surface area (Å²) in [4.78, 5) is 0. The number of hydrogen-bond acceptors (Lipinski definition) is 3. The highest BCUT2D eigenvalue weighted by molar-refractivity contribution is 4.92. The van der Waals surface area contributed by atoms with Crippen LogP contribution in [0.25, 0.3) is 0 Å². The Hall–Kier alpha value is -0.120. The zero-order chi connectivity index (χ0) is 12.2. The molecule has 1 aliphatic rings. The lowest BCUT2D eigenvalue weighted by Crippen LogP contribution is -2.48. The van der Waals surface area contributed by atoms with E-state index < -0.39 is 11.7 Å². The van der Waals surface area contributed by atoms with Crippen molar-refractivity contribution in [3.63, 3.8) is 0 Å². The molecule has 2 N–H and O–H groups in total. The van der Waals surface area contributed by atoms with Crippen molar-refractivity contribution in [2.75, 3.05) is 13.7 Å². The zero-order valence-electron chi connectivity index (χ0n) is 10.8. The van der Waals surface area contributed by atoms with Crippen LogP contribution < -0.4 is 0 Å². The highest BCUT2D eigenvalue weighted by Gasteiger charge is 2.40. The van der Waals surface area contributed by atoms with Crippen LogP contribution in [-0.4, -0.2) is 35.6 Å². The van der Waals surface area contributed by atoms with Crippen LogP contribution in [0.4, 0.5) is 0 Å². The van der Waals surface area contributed by atoms with Gasteiger partial charge < -0.3 is 14.9 Å². The molecule has 1 fully saturated rings. The maximum atomic E-state index is 10.4. The molecule has 0 aliphatic heterocycles. The van der Waals surface area contributed by atoms with Gasteiger partial charge in [-0.15, -0.1) is 0 Å². The Morgan fingerprint density at radius 1 is 1.38 bits per heavy atom. The summed E-state index contributed by atoms with van der Waals surface area (Å²) in [6, 6.07) is 0. The van der Waals surface area contributed by atoms with Crippen molar-refractivity contribution >= 4 is 0 Å². The molecule has 3 nitrogen and oxygen atoms in total. The number of ether oxygens (including phenoxy) is 1. The van der Waals surface area contributed by atoms with Gasteiger partial charge in [-0.3, -0.25) is 0 Å². The SMILES string of the molecule is COCCC(C)C(O)C1(O)CCC(C)CC1. The third kappa shape index (κ3) is 3.44. The fourth-order valence-corrected chi connectivity index (χ4v) is 2.55. The van der Waals surface area contributed by atoms with E-state index in [1.54, 1.807) is 7.11 Å². The second-order valence-electron chi connectivity index (χ2n) is 5.49. The Kier molecular flexibility index (Phi) is 5.22. The van der Waals surface area contributed by atoms with Gasteiger partial charge in [0.2, 0.25) is 0 Å². The van der Waals surface area contributed by atoms with Crippen molar-refractivity contribution in [2.24, 2.45) is 11.8 Å². The first-order chi connectivity index (χ1) is 7.49. The third-order valence-corrected chi connectivity index (χ3v) is 4.01. The molecule has 0 aromatic carbocycles. The van der Waals surface area contributed by atoms with Crippen molar-refractivity contribution in [2.45, 2.75) is 57.7 Å². The minimum Gasteiger partial charge on any atom is -0.390 e. The van der Waals surface area contributed by atoms with Gasteiger partial charge in [0.05, 0.1) is 11.7 Å². The van der Waals surface area contributed by atoms with Gasteiger partial charge >= 0.3 is 0 Å². The number of hydrogen-bond donors (Lipinski definition) is 2. The minimum absolute atomic E-state index is 0.0957. The van der Waals surface area contributed by atoms with E-state index in [9.17, 15) is 10.2 Å². The fraction of sp³-hybridized carbons (Fsp3) is 1.00. The zero-order valence-corrected chi connectivity index (χ0v) is 10.8. The Morgan fingerprint density at radius 2 is 1.94 bits per heavy atom. The first-order valence-corrected chi connectivity index (χ1v) is 6.39. The lowest BCUT2D eigenvalue weighted by Gasteiger charge is -2.40. The Balaban J connectivity index is 2.47. The van der Waals surface area contributed by atoms with E-state index in [4.69, 9.17) is 4.74 Å². The molecule has 0 radical (unpaired) electrons. The summed E-state index contributed by atoms with van der Waals surface area (Å²) in [5, 5.41) is 20.6. The van der Waals surface area contributed by atoms with Gasteiger partial charge in [-0.05, 0) is 43.9 Å². The summed E-state index contributed by atoms with van der Waals surface area (Å²) < 4.78 is 5.01. The maximum absolute atomic E-state index is 10.4. The molecular formula is C13H26O3. The second-order valence-corrected chi connectivity index (χ2v) is 5.49. The van der Waals surface area contributed by atoms with E-state index in [2.05, 4.69) is 6.92 Å². The maximum Gasteiger partial charge on any atom is 0.0908 e. The highest BCUT2D eigenvalue weighted by atomic mass is 16.5. The molecule has 0 aromatic rings. The van der Waals surface area contributed by atoms with Crippen LogP contribution in [0.2, 0.25) is 0 Å². The van der Waals surface area contributed by atoms with Crippen LogP contribution in [-0.2, 0) is 4.74 Å². The van der Waals surface area contributed by atoms with Crippen LogP contribution in [0.3, 0.4) is 0 Å². The number of aliphatic hydroxyl groups excluding tert-OH is 1. The average Bonchev–Trinajstić information content (AvgIpc) is 2.29. The number of rotatable bonds is 5. The average molecular weight is 230 g/mol. The van der Waals surface area contributed by atoms with E-state index >= 15 is 0 Å². The molecule has 0 spiro atoms. The van der Waals surface area contributed by atoms with Crippen LogP contribution in [0.15, 0.2) is 0 Å². The lowest BCUT2D eigenvalue weighted by atomic mass is 9.73. The first-order valence-electron chi connectivity index (χ1n) is 6.39. The normalized spacial score (nSPS) is 34.7. The smallest absolute Gasteiger partial charge is 0.0908 e. The van der Waals surface area contributed by atoms with Crippen molar-refractivity contribution < 1.29 is 14.9 Å². The van der Waals surface area contributed by atoms with Crippen molar-refractivity contribution in [3.05, 3.63) is 0 Å². The first kappa shape index (κ1) is 13.9. The number of aliphatic hydroxyl groups is 2. The molecule has 2 unspecified atom stereocenters. The van der Waals surface area contributed by atoms with Gasteiger partial charge in [0.15, 0.2) is 0 Å². The fourth-order valence-electron chi connectivity index (χ4n) is 2.55. The summed E-state index contributed by atoms with van der Waals surface area (Å²) in [6.45, 7) is 4.84. The Labute approximate surface area is 98.8 Å². The van der Waals surface area contributed by atoms with Gasteiger partial charge in [0, 0.05) is 13.7 Å². The van der Waals surface area contributed by atoms with E-state index in [0.717, 1.165) is 32.1 Å². The molecule has 2 atom stereocenters. The lowest BCUT2D eigenvalue weighted by molar-refractivity contribution is -0.125. The monoisotopic (exact) mass is 230 g/mol. The quantitative estimate of drug-likeness (QED) is 0.759. The van der Waals surface area contributed by atoms with E-state index in [1.165, 1.54) is 0 Å². The summed E-state index contributed by atoms with van der Waals surface area (Å²) in [5.41, 5.74) is -0.861. The van der Waals surface area contributed by atoms with Crippen LogP contribution in [0.1, 0.15) is 46.0 Å². The molecule has 1 aliphatic carbocycles. The molecule has 3 heteroatoms. The Bertz CT molecular complexity index is 197. The van der Waals surface area contributed by atoms with Crippen molar-refractivity contribution in [1.29, 1.82) is 0 Å². The molecule has 1 rings (SSSR count). The van der Waals surface area contributed by atoms with Crippen LogP contribution >= 0.6 is 0 Å². The summed E-state index contributed by atoms with van der Waals surface area (Å²) in [5.74, 6) is 0.778. The molecule has 0 heterocycles. The third-order valence-electron chi connectivity index (χ3n) is 4.01. The molecule has 0 bridgehead atoms. The Morgan fingerprint density at radius 3 is 2.44 bits per heavy atom. The van der Waals surface area contributed by atoms with Crippen molar-refractivity contribution in [1.82, 2.24) is 0 Å². The van der Waals surface area contributed by atoms with Gasteiger partial charge in [-0.2, -0.15) is 0 Å². The summed E-state index contributed by atoms with van der Waals surface area (Å²) in [6.07, 6.45) is 3.68. The topological polar surface area (TPSA) is 49.7 Å². The van der Waals surface area contributed by atoms with Crippen LogP contribution in [0.5, 0.6) is 0 Å². The summed E-state index contributed by atoms with van der Waals surface area (Å²) in [7, 11) is 1.66. The molecule has 16 heavy (non-hydrogen) atoms. The summed E-state index contributed by atoms with van der Waals surface area (Å²) >= 11 is 0. The van der Waals surface area contributed by atoms with Gasteiger partial charge in [0.25, 0.3) is 0 Å². The van der Waals surface area contributed by atoms with E-state index in [-0.39, 0.29) is 5.92 Å².